The smallest absolute Gasteiger partial charge is 0.165 e. The second-order valence-electron chi connectivity index (χ2n) is 5.64. The van der Waals surface area contributed by atoms with Crippen molar-refractivity contribution in [2.24, 2.45) is 11.8 Å². The second-order valence-corrected chi connectivity index (χ2v) is 5.64. The Morgan fingerprint density at radius 1 is 1.16 bits per heavy atom. The molecule has 1 aromatic heterocycles. The van der Waals surface area contributed by atoms with Gasteiger partial charge in [0.05, 0.1) is 19.7 Å². The van der Waals surface area contributed by atoms with Crippen molar-refractivity contribution in [1.82, 2.24) is 25.5 Å². The summed E-state index contributed by atoms with van der Waals surface area (Å²) in [5.41, 5.74) is 0. The molecule has 0 saturated heterocycles. The first-order chi connectivity index (χ1) is 9.09. The molecule has 6 heteroatoms. The maximum absolute atomic E-state index is 5.58. The minimum absolute atomic E-state index is 0.628. The lowest BCUT2D eigenvalue weighted by Gasteiger charge is -2.09. The molecule has 0 bridgehead atoms. The average Bonchev–Trinajstić information content (AvgIpc) is 2.75. The molecule has 0 atom stereocenters. The zero-order chi connectivity index (χ0) is 14.1. The van der Waals surface area contributed by atoms with Gasteiger partial charge in [0.2, 0.25) is 0 Å². The molecule has 0 amide bonds. The largest absolute Gasteiger partial charge is 0.380 e. The van der Waals surface area contributed by atoms with Crippen LogP contribution in [0, 0.1) is 11.8 Å². The Morgan fingerprint density at radius 3 is 2.63 bits per heavy atom. The van der Waals surface area contributed by atoms with Crippen molar-refractivity contribution in [1.29, 1.82) is 0 Å². The summed E-state index contributed by atoms with van der Waals surface area (Å²) in [6.07, 6.45) is 1.10. The zero-order valence-electron chi connectivity index (χ0n) is 12.6. The molecule has 0 spiro atoms. The van der Waals surface area contributed by atoms with Crippen LogP contribution < -0.4 is 5.32 Å². The summed E-state index contributed by atoms with van der Waals surface area (Å²) in [5.74, 6) is 2.18. The van der Waals surface area contributed by atoms with E-state index in [0.29, 0.717) is 31.5 Å². The summed E-state index contributed by atoms with van der Waals surface area (Å²) in [7, 11) is 0. The summed E-state index contributed by atoms with van der Waals surface area (Å²) in [4.78, 5) is 0. The number of ether oxygens (including phenoxy) is 1. The van der Waals surface area contributed by atoms with Gasteiger partial charge in [-0.1, -0.05) is 27.7 Å². The molecule has 110 valence electrons. The van der Waals surface area contributed by atoms with Crippen molar-refractivity contribution in [2.75, 3.05) is 19.8 Å². The molecule has 0 unspecified atom stereocenters. The third-order valence-electron chi connectivity index (χ3n) is 2.73. The minimum atomic E-state index is 0.628. The molecule has 1 aromatic rings. The molecule has 0 fully saturated rings. The average molecular weight is 269 g/mol. The first kappa shape index (κ1) is 16.0. The molecular formula is C13H27N5O. The lowest BCUT2D eigenvalue weighted by molar-refractivity contribution is 0.113. The Morgan fingerprint density at radius 2 is 1.95 bits per heavy atom. The molecule has 6 nitrogen and oxygen atoms in total. The maximum atomic E-state index is 5.58. The van der Waals surface area contributed by atoms with Gasteiger partial charge in [0.1, 0.15) is 0 Å². The van der Waals surface area contributed by atoms with Crippen molar-refractivity contribution in [3.05, 3.63) is 5.82 Å². The van der Waals surface area contributed by atoms with E-state index in [9.17, 15) is 0 Å². The van der Waals surface area contributed by atoms with Gasteiger partial charge < -0.3 is 10.1 Å². The molecule has 1 heterocycles. The molecule has 0 radical (unpaired) electrons. The highest BCUT2D eigenvalue weighted by atomic mass is 16.5. The normalized spacial score (nSPS) is 11.7. The van der Waals surface area contributed by atoms with Crippen LogP contribution in [0.3, 0.4) is 0 Å². The lowest BCUT2D eigenvalue weighted by Crippen LogP contribution is -2.22. The van der Waals surface area contributed by atoms with Gasteiger partial charge in [-0.15, -0.1) is 5.10 Å². The number of rotatable bonds is 10. The summed E-state index contributed by atoms with van der Waals surface area (Å²) in [6, 6.07) is 0. The first-order valence-electron chi connectivity index (χ1n) is 7.13. The Balaban J connectivity index is 2.21. The SMILES string of the molecule is CC(C)CCOCCn1nnnc1CNCC(C)C. The number of tetrazole rings is 1. The van der Waals surface area contributed by atoms with Crippen LogP contribution in [0.15, 0.2) is 0 Å². The highest BCUT2D eigenvalue weighted by molar-refractivity contribution is 4.79. The fraction of sp³-hybridized carbons (Fsp3) is 0.923. The summed E-state index contributed by atoms with van der Waals surface area (Å²) in [5, 5.41) is 15.1. The summed E-state index contributed by atoms with van der Waals surface area (Å²) >= 11 is 0. The third-order valence-corrected chi connectivity index (χ3v) is 2.73. The van der Waals surface area contributed by atoms with Crippen LogP contribution in [0.1, 0.15) is 39.9 Å². The summed E-state index contributed by atoms with van der Waals surface area (Å²) < 4.78 is 7.39. The predicted molar refractivity (Wildman–Crippen MR) is 74.6 cm³/mol. The van der Waals surface area contributed by atoms with Crippen molar-refractivity contribution >= 4 is 0 Å². The minimum Gasteiger partial charge on any atom is -0.380 e. The number of nitrogens with zero attached hydrogens (tertiary/aromatic N) is 4. The molecule has 1 N–H and O–H groups in total. The van der Waals surface area contributed by atoms with E-state index >= 15 is 0 Å². The molecule has 1 rings (SSSR count). The Kier molecular flexibility index (Phi) is 7.59. The topological polar surface area (TPSA) is 64.9 Å². The predicted octanol–water partition coefficient (Wildman–Crippen LogP) is 1.48. The van der Waals surface area contributed by atoms with Crippen LogP contribution in [0.2, 0.25) is 0 Å². The van der Waals surface area contributed by atoms with Gasteiger partial charge in [-0.05, 0) is 35.2 Å². The Labute approximate surface area is 115 Å². The van der Waals surface area contributed by atoms with Crippen LogP contribution in [0.4, 0.5) is 0 Å². The quantitative estimate of drug-likeness (QED) is 0.652. The van der Waals surface area contributed by atoms with Crippen molar-refractivity contribution in [3.63, 3.8) is 0 Å². The zero-order valence-corrected chi connectivity index (χ0v) is 12.6. The molecule has 0 aliphatic rings. The fourth-order valence-corrected chi connectivity index (χ4v) is 1.57. The number of nitrogens with one attached hydrogen (secondary N) is 1. The molecule has 0 saturated carbocycles. The van der Waals surface area contributed by atoms with Gasteiger partial charge in [0.15, 0.2) is 5.82 Å². The standard InChI is InChI=1S/C13H27N5O/c1-11(2)5-7-19-8-6-18-13(15-16-17-18)10-14-9-12(3)4/h11-12,14H,5-10H2,1-4H3. The lowest BCUT2D eigenvalue weighted by atomic mass is 10.1. The van der Waals surface area contributed by atoms with Gasteiger partial charge >= 0.3 is 0 Å². The van der Waals surface area contributed by atoms with Crippen molar-refractivity contribution in [2.45, 2.75) is 47.2 Å². The molecular weight excluding hydrogens is 242 g/mol. The molecule has 19 heavy (non-hydrogen) atoms. The van der Waals surface area contributed by atoms with E-state index in [1.807, 2.05) is 4.68 Å². The molecule has 0 aliphatic carbocycles. The van der Waals surface area contributed by atoms with Gasteiger partial charge in [-0.2, -0.15) is 0 Å². The number of aromatic nitrogens is 4. The van der Waals surface area contributed by atoms with Crippen molar-refractivity contribution in [3.8, 4) is 0 Å². The fourth-order valence-electron chi connectivity index (χ4n) is 1.57. The van der Waals surface area contributed by atoms with E-state index in [2.05, 4.69) is 48.5 Å². The maximum Gasteiger partial charge on any atom is 0.165 e. The highest BCUT2D eigenvalue weighted by Gasteiger charge is 2.05. The van der Waals surface area contributed by atoms with Gasteiger partial charge in [0.25, 0.3) is 0 Å². The van der Waals surface area contributed by atoms with Gasteiger partial charge in [-0.3, -0.25) is 0 Å². The molecule has 0 aliphatic heterocycles. The van der Waals surface area contributed by atoms with Gasteiger partial charge in [0, 0.05) is 6.61 Å². The van der Waals surface area contributed by atoms with E-state index in [0.717, 1.165) is 25.4 Å². The number of hydrogen-bond donors (Lipinski definition) is 1. The second kappa shape index (κ2) is 8.98. The van der Waals surface area contributed by atoms with E-state index in [-0.39, 0.29) is 0 Å². The van der Waals surface area contributed by atoms with Crippen LogP contribution >= 0.6 is 0 Å². The van der Waals surface area contributed by atoms with Crippen LogP contribution in [0.25, 0.3) is 0 Å². The van der Waals surface area contributed by atoms with E-state index in [1.54, 1.807) is 0 Å². The number of hydrogen-bond acceptors (Lipinski definition) is 5. The van der Waals surface area contributed by atoms with Crippen LogP contribution in [-0.2, 0) is 17.8 Å². The van der Waals surface area contributed by atoms with Crippen molar-refractivity contribution < 1.29 is 4.74 Å². The third kappa shape index (κ3) is 7.22. The summed E-state index contributed by atoms with van der Waals surface area (Å²) in [6.45, 7) is 12.6. The Bertz CT molecular complexity index is 338. The van der Waals surface area contributed by atoms with E-state index < -0.39 is 0 Å². The van der Waals surface area contributed by atoms with E-state index in [1.165, 1.54) is 0 Å². The van der Waals surface area contributed by atoms with E-state index in [4.69, 9.17) is 4.74 Å². The molecule has 0 aromatic carbocycles. The first-order valence-corrected chi connectivity index (χ1v) is 7.13. The highest BCUT2D eigenvalue weighted by Crippen LogP contribution is 1.99. The monoisotopic (exact) mass is 269 g/mol. The van der Waals surface area contributed by atoms with Crippen LogP contribution in [0.5, 0.6) is 0 Å². The van der Waals surface area contributed by atoms with Gasteiger partial charge in [-0.25, -0.2) is 4.68 Å². The Hall–Kier alpha value is -1.01. The van der Waals surface area contributed by atoms with Crippen LogP contribution in [-0.4, -0.2) is 40.0 Å².